The molecule has 98 valence electrons. The highest BCUT2D eigenvalue weighted by molar-refractivity contribution is 5.86. The van der Waals surface area contributed by atoms with E-state index in [2.05, 4.69) is 22.9 Å². The van der Waals surface area contributed by atoms with Crippen molar-refractivity contribution in [1.82, 2.24) is 4.98 Å². The number of pyridine rings is 1. The molecule has 2 aromatic rings. The van der Waals surface area contributed by atoms with E-state index >= 15 is 0 Å². The Bertz CT molecular complexity index is 598. The van der Waals surface area contributed by atoms with Crippen LogP contribution in [0, 0.1) is 11.3 Å². The molecule has 3 heteroatoms. The van der Waals surface area contributed by atoms with Crippen molar-refractivity contribution in [3.05, 3.63) is 35.9 Å². The lowest BCUT2D eigenvalue weighted by Gasteiger charge is -2.18. The predicted molar refractivity (Wildman–Crippen MR) is 79.3 cm³/mol. The van der Waals surface area contributed by atoms with Gasteiger partial charge in [0.25, 0.3) is 0 Å². The highest BCUT2D eigenvalue weighted by atomic mass is 15.2. The number of unbranched alkanes of at least 4 members (excludes halogenated alkanes) is 2. The van der Waals surface area contributed by atoms with Crippen LogP contribution in [0.2, 0.25) is 0 Å². The van der Waals surface area contributed by atoms with E-state index in [1.807, 2.05) is 37.4 Å². The molecule has 1 aromatic carbocycles. The van der Waals surface area contributed by atoms with Crippen molar-refractivity contribution >= 4 is 16.7 Å². The molecule has 0 N–H and O–H groups in total. The lowest BCUT2D eigenvalue weighted by atomic mass is 10.1. The molecule has 0 saturated heterocycles. The fourth-order valence-electron chi connectivity index (χ4n) is 2.16. The highest BCUT2D eigenvalue weighted by Gasteiger charge is 2.08. The highest BCUT2D eigenvalue weighted by Crippen LogP contribution is 2.22. The second-order valence-corrected chi connectivity index (χ2v) is 4.79. The summed E-state index contributed by atoms with van der Waals surface area (Å²) in [6.45, 7) is 3.17. The maximum Gasteiger partial charge on any atom is 0.130 e. The molecule has 0 atom stereocenters. The summed E-state index contributed by atoms with van der Waals surface area (Å²) in [5.74, 6) is 0.881. The van der Waals surface area contributed by atoms with Gasteiger partial charge in [-0.25, -0.2) is 4.98 Å². The van der Waals surface area contributed by atoms with Crippen LogP contribution in [0.5, 0.6) is 0 Å². The fraction of sp³-hybridized carbons (Fsp3) is 0.375. The van der Waals surface area contributed by atoms with E-state index in [4.69, 9.17) is 0 Å². The Morgan fingerprint density at radius 3 is 2.79 bits per heavy atom. The van der Waals surface area contributed by atoms with Gasteiger partial charge in [-0.2, -0.15) is 5.26 Å². The summed E-state index contributed by atoms with van der Waals surface area (Å²) in [5, 5.41) is 10.2. The van der Waals surface area contributed by atoms with E-state index in [9.17, 15) is 5.26 Å². The van der Waals surface area contributed by atoms with Crippen LogP contribution in [0.1, 0.15) is 31.7 Å². The van der Waals surface area contributed by atoms with E-state index in [0.29, 0.717) is 5.56 Å². The molecule has 0 aliphatic heterocycles. The molecule has 1 heterocycles. The Hall–Kier alpha value is -2.08. The molecule has 0 saturated carbocycles. The lowest BCUT2D eigenvalue weighted by Crippen LogP contribution is -2.19. The first-order chi connectivity index (χ1) is 9.26. The standard InChI is InChI=1S/C16H19N3/c1-3-4-7-10-19(2)16-11-13(12-17)14-8-5-6-9-15(14)18-16/h5-6,8-9,11H,3-4,7,10H2,1-2H3. The summed E-state index contributed by atoms with van der Waals surface area (Å²) in [6, 6.07) is 11.9. The molecule has 0 unspecified atom stereocenters. The van der Waals surface area contributed by atoms with Crippen molar-refractivity contribution in [3.63, 3.8) is 0 Å². The van der Waals surface area contributed by atoms with E-state index in [-0.39, 0.29) is 0 Å². The second-order valence-electron chi connectivity index (χ2n) is 4.79. The van der Waals surface area contributed by atoms with Gasteiger partial charge in [0.15, 0.2) is 0 Å². The van der Waals surface area contributed by atoms with Gasteiger partial charge >= 0.3 is 0 Å². The van der Waals surface area contributed by atoms with Gasteiger partial charge in [-0.1, -0.05) is 38.0 Å². The number of rotatable bonds is 5. The third kappa shape index (κ3) is 3.03. The normalized spacial score (nSPS) is 10.4. The van der Waals surface area contributed by atoms with Gasteiger partial charge in [0.1, 0.15) is 5.82 Å². The van der Waals surface area contributed by atoms with Crippen LogP contribution >= 0.6 is 0 Å². The number of para-hydroxylation sites is 1. The second kappa shape index (κ2) is 6.19. The lowest BCUT2D eigenvalue weighted by molar-refractivity contribution is 0.702. The molecular weight excluding hydrogens is 234 g/mol. The van der Waals surface area contributed by atoms with Crippen molar-refractivity contribution in [1.29, 1.82) is 5.26 Å². The smallest absolute Gasteiger partial charge is 0.130 e. The van der Waals surface area contributed by atoms with Crippen molar-refractivity contribution in [2.24, 2.45) is 0 Å². The number of fused-ring (bicyclic) bond motifs is 1. The number of hydrogen-bond donors (Lipinski definition) is 0. The van der Waals surface area contributed by atoms with Crippen LogP contribution < -0.4 is 4.90 Å². The molecule has 0 radical (unpaired) electrons. The zero-order valence-electron chi connectivity index (χ0n) is 11.6. The van der Waals surface area contributed by atoms with Crippen LogP contribution in [-0.2, 0) is 0 Å². The first-order valence-electron chi connectivity index (χ1n) is 6.77. The molecule has 0 fully saturated rings. The van der Waals surface area contributed by atoms with Crippen LogP contribution in [0.4, 0.5) is 5.82 Å². The minimum atomic E-state index is 0.697. The number of benzene rings is 1. The molecular formula is C16H19N3. The third-order valence-electron chi connectivity index (χ3n) is 3.31. The van der Waals surface area contributed by atoms with E-state index in [0.717, 1.165) is 29.7 Å². The van der Waals surface area contributed by atoms with E-state index in [1.54, 1.807) is 0 Å². The summed E-state index contributed by atoms with van der Waals surface area (Å²) >= 11 is 0. The minimum Gasteiger partial charge on any atom is -0.360 e. The number of hydrogen-bond acceptors (Lipinski definition) is 3. The minimum absolute atomic E-state index is 0.697. The summed E-state index contributed by atoms with van der Waals surface area (Å²) in [6.07, 6.45) is 3.59. The number of nitrogens with zero attached hydrogens (tertiary/aromatic N) is 3. The SMILES string of the molecule is CCCCCN(C)c1cc(C#N)c2ccccc2n1. The van der Waals surface area contributed by atoms with Gasteiger partial charge < -0.3 is 4.90 Å². The Morgan fingerprint density at radius 1 is 1.26 bits per heavy atom. The van der Waals surface area contributed by atoms with Gasteiger partial charge in [0, 0.05) is 19.0 Å². The number of aromatic nitrogens is 1. The molecule has 19 heavy (non-hydrogen) atoms. The first-order valence-corrected chi connectivity index (χ1v) is 6.77. The Balaban J connectivity index is 2.31. The molecule has 0 spiro atoms. The monoisotopic (exact) mass is 253 g/mol. The molecule has 2 rings (SSSR count). The largest absolute Gasteiger partial charge is 0.360 e. The number of nitriles is 1. The average molecular weight is 253 g/mol. The Labute approximate surface area is 114 Å². The topological polar surface area (TPSA) is 39.9 Å². The fourth-order valence-corrected chi connectivity index (χ4v) is 2.16. The van der Waals surface area contributed by atoms with Crippen LogP contribution in [0.25, 0.3) is 10.9 Å². The van der Waals surface area contributed by atoms with Crippen molar-refractivity contribution < 1.29 is 0 Å². The first kappa shape index (κ1) is 13.4. The quantitative estimate of drug-likeness (QED) is 0.762. The zero-order valence-corrected chi connectivity index (χ0v) is 11.6. The Kier molecular flexibility index (Phi) is 4.35. The number of anilines is 1. The van der Waals surface area contributed by atoms with E-state index in [1.165, 1.54) is 12.8 Å². The van der Waals surface area contributed by atoms with Crippen LogP contribution in [0.15, 0.2) is 30.3 Å². The molecule has 0 aliphatic carbocycles. The molecule has 0 bridgehead atoms. The molecule has 3 nitrogen and oxygen atoms in total. The van der Waals surface area contributed by atoms with Gasteiger partial charge in [0.2, 0.25) is 0 Å². The van der Waals surface area contributed by atoms with Crippen molar-refractivity contribution in [2.75, 3.05) is 18.5 Å². The third-order valence-corrected chi connectivity index (χ3v) is 3.31. The van der Waals surface area contributed by atoms with Crippen molar-refractivity contribution in [3.8, 4) is 6.07 Å². The van der Waals surface area contributed by atoms with Crippen LogP contribution in [0.3, 0.4) is 0 Å². The maximum atomic E-state index is 9.26. The summed E-state index contributed by atoms with van der Waals surface area (Å²) in [7, 11) is 2.04. The predicted octanol–water partition coefficient (Wildman–Crippen LogP) is 3.73. The molecule has 1 aromatic heterocycles. The summed E-state index contributed by atoms with van der Waals surface area (Å²) in [5.41, 5.74) is 1.59. The van der Waals surface area contributed by atoms with Gasteiger partial charge in [-0.15, -0.1) is 0 Å². The van der Waals surface area contributed by atoms with Crippen LogP contribution in [-0.4, -0.2) is 18.6 Å². The van der Waals surface area contributed by atoms with Gasteiger partial charge in [-0.3, -0.25) is 0 Å². The van der Waals surface area contributed by atoms with Gasteiger partial charge in [-0.05, 0) is 18.6 Å². The maximum absolute atomic E-state index is 9.26. The summed E-state index contributed by atoms with van der Waals surface area (Å²) in [4.78, 5) is 6.77. The summed E-state index contributed by atoms with van der Waals surface area (Å²) < 4.78 is 0. The Morgan fingerprint density at radius 2 is 2.05 bits per heavy atom. The van der Waals surface area contributed by atoms with Crippen molar-refractivity contribution in [2.45, 2.75) is 26.2 Å². The molecule has 0 aliphatic rings. The van der Waals surface area contributed by atoms with E-state index < -0.39 is 0 Å². The molecule has 0 amide bonds. The van der Waals surface area contributed by atoms with Gasteiger partial charge in [0.05, 0.1) is 17.1 Å². The average Bonchev–Trinajstić information content (AvgIpc) is 2.46. The zero-order chi connectivity index (χ0) is 13.7.